The lowest BCUT2D eigenvalue weighted by Crippen LogP contribution is -2.07. The number of aromatic nitrogens is 1. The Balaban J connectivity index is 2.84. The second-order valence-corrected chi connectivity index (χ2v) is 2.61. The van der Waals surface area contributed by atoms with E-state index in [1.807, 2.05) is 0 Å². The predicted octanol–water partition coefficient (Wildman–Crippen LogP) is 2.07. The van der Waals surface area contributed by atoms with Crippen molar-refractivity contribution in [3.8, 4) is 0 Å². The van der Waals surface area contributed by atoms with Crippen LogP contribution in [-0.4, -0.2) is 11.5 Å². The summed E-state index contributed by atoms with van der Waals surface area (Å²) in [6.45, 7) is 0.348. The molecule has 76 valence electrons. The standard InChI is InChI=1S/C9H9F3N2/c10-9(11,12)8-4-3-7(6-14-8)2-1-5-13/h1-4,6H,5,13H2/b2-1+. The van der Waals surface area contributed by atoms with Gasteiger partial charge in [-0.1, -0.05) is 18.2 Å². The van der Waals surface area contributed by atoms with Crippen molar-refractivity contribution in [3.05, 3.63) is 35.7 Å². The van der Waals surface area contributed by atoms with Gasteiger partial charge in [0.25, 0.3) is 0 Å². The minimum atomic E-state index is -4.38. The second-order valence-electron chi connectivity index (χ2n) is 2.61. The average molecular weight is 202 g/mol. The quantitative estimate of drug-likeness (QED) is 0.797. The molecular formula is C9H9F3N2. The Hall–Kier alpha value is -1.36. The van der Waals surface area contributed by atoms with Crippen LogP contribution in [-0.2, 0) is 6.18 Å². The van der Waals surface area contributed by atoms with Gasteiger partial charge >= 0.3 is 6.18 Å². The van der Waals surface area contributed by atoms with Gasteiger partial charge in [-0.05, 0) is 11.6 Å². The van der Waals surface area contributed by atoms with E-state index >= 15 is 0 Å². The van der Waals surface area contributed by atoms with Crippen molar-refractivity contribution in [2.45, 2.75) is 6.18 Å². The molecule has 0 aliphatic heterocycles. The molecule has 0 saturated heterocycles. The Morgan fingerprint density at radius 1 is 1.36 bits per heavy atom. The molecule has 0 saturated carbocycles. The number of halogens is 3. The molecule has 2 nitrogen and oxygen atoms in total. The van der Waals surface area contributed by atoms with Crippen LogP contribution in [0.25, 0.3) is 6.08 Å². The summed E-state index contributed by atoms with van der Waals surface area (Å²) in [4.78, 5) is 3.29. The zero-order chi connectivity index (χ0) is 10.6. The topological polar surface area (TPSA) is 38.9 Å². The van der Waals surface area contributed by atoms with Gasteiger partial charge in [0, 0.05) is 12.7 Å². The van der Waals surface area contributed by atoms with E-state index in [-0.39, 0.29) is 0 Å². The lowest BCUT2D eigenvalue weighted by atomic mass is 10.2. The van der Waals surface area contributed by atoms with Crippen LogP contribution in [0.15, 0.2) is 24.4 Å². The van der Waals surface area contributed by atoms with Gasteiger partial charge in [-0.25, -0.2) is 0 Å². The van der Waals surface area contributed by atoms with E-state index in [9.17, 15) is 13.2 Å². The molecule has 14 heavy (non-hydrogen) atoms. The van der Waals surface area contributed by atoms with Crippen LogP contribution < -0.4 is 5.73 Å². The Morgan fingerprint density at radius 3 is 2.50 bits per heavy atom. The molecule has 0 unspecified atom stereocenters. The number of alkyl halides is 3. The molecule has 1 rings (SSSR count). The molecule has 1 aromatic heterocycles. The fraction of sp³-hybridized carbons (Fsp3) is 0.222. The van der Waals surface area contributed by atoms with Crippen molar-refractivity contribution in [2.24, 2.45) is 5.73 Å². The monoisotopic (exact) mass is 202 g/mol. The summed E-state index contributed by atoms with van der Waals surface area (Å²) in [5.74, 6) is 0. The number of nitrogens with two attached hydrogens (primary N) is 1. The van der Waals surface area contributed by atoms with Crippen molar-refractivity contribution >= 4 is 6.08 Å². The van der Waals surface area contributed by atoms with Crippen molar-refractivity contribution in [2.75, 3.05) is 6.54 Å². The number of hydrogen-bond acceptors (Lipinski definition) is 2. The molecule has 0 bridgehead atoms. The Morgan fingerprint density at radius 2 is 2.07 bits per heavy atom. The largest absolute Gasteiger partial charge is 0.433 e. The van der Waals surface area contributed by atoms with E-state index < -0.39 is 11.9 Å². The van der Waals surface area contributed by atoms with Gasteiger partial charge in [0.15, 0.2) is 0 Å². The van der Waals surface area contributed by atoms with Gasteiger partial charge < -0.3 is 5.73 Å². The molecular weight excluding hydrogens is 193 g/mol. The van der Waals surface area contributed by atoms with Crippen LogP contribution in [0.2, 0.25) is 0 Å². The fourth-order valence-electron chi connectivity index (χ4n) is 0.876. The average Bonchev–Trinajstić information content (AvgIpc) is 2.14. The first-order valence-corrected chi connectivity index (χ1v) is 3.94. The number of pyridine rings is 1. The van der Waals surface area contributed by atoms with E-state index in [2.05, 4.69) is 4.98 Å². The maximum absolute atomic E-state index is 12.1. The Bertz CT molecular complexity index is 314. The lowest BCUT2D eigenvalue weighted by molar-refractivity contribution is -0.141. The third kappa shape index (κ3) is 2.85. The van der Waals surface area contributed by atoms with Gasteiger partial charge in [-0.3, -0.25) is 4.98 Å². The third-order valence-corrected chi connectivity index (χ3v) is 1.52. The maximum atomic E-state index is 12.1. The minimum Gasteiger partial charge on any atom is -0.327 e. The molecule has 0 radical (unpaired) electrons. The summed E-state index contributed by atoms with van der Waals surface area (Å²) in [6.07, 6.45) is 0.0442. The van der Waals surface area contributed by atoms with Crippen molar-refractivity contribution < 1.29 is 13.2 Å². The highest BCUT2D eigenvalue weighted by molar-refractivity contribution is 5.48. The fourth-order valence-corrected chi connectivity index (χ4v) is 0.876. The number of nitrogens with zero attached hydrogens (tertiary/aromatic N) is 1. The molecule has 0 aliphatic carbocycles. The van der Waals surface area contributed by atoms with Crippen LogP contribution in [0.3, 0.4) is 0 Å². The second kappa shape index (κ2) is 4.23. The molecule has 0 fully saturated rings. The summed E-state index contributed by atoms with van der Waals surface area (Å²) in [5, 5.41) is 0. The first kappa shape index (κ1) is 10.7. The van der Waals surface area contributed by atoms with Crippen molar-refractivity contribution in [3.63, 3.8) is 0 Å². The minimum absolute atomic E-state index is 0.348. The van der Waals surface area contributed by atoms with Crippen LogP contribution in [0.5, 0.6) is 0 Å². The van der Waals surface area contributed by atoms with Crippen LogP contribution >= 0.6 is 0 Å². The molecule has 5 heteroatoms. The van der Waals surface area contributed by atoms with E-state index in [1.165, 1.54) is 6.07 Å². The maximum Gasteiger partial charge on any atom is 0.433 e. The lowest BCUT2D eigenvalue weighted by Gasteiger charge is -2.04. The molecule has 0 amide bonds. The summed E-state index contributed by atoms with van der Waals surface area (Å²) >= 11 is 0. The van der Waals surface area contributed by atoms with E-state index in [0.29, 0.717) is 12.1 Å². The SMILES string of the molecule is NC/C=C/c1ccc(C(F)(F)F)nc1. The van der Waals surface area contributed by atoms with Gasteiger partial charge in [0.2, 0.25) is 0 Å². The van der Waals surface area contributed by atoms with Gasteiger partial charge in [-0.15, -0.1) is 0 Å². The van der Waals surface area contributed by atoms with Crippen LogP contribution in [0.1, 0.15) is 11.3 Å². The summed E-state index contributed by atoms with van der Waals surface area (Å²) in [7, 11) is 0. The molecule has 0 aromatic carbocycles. The van der Waals surface area contributed by atoms with Crippen LogP contribution in [0, 0.1) is 0 Å². The van der Waals surface area contributed by atoms with E-state index in [1.54, 1.807) is 12.2 Å². The smallest absolute Gasteiger partial charge is 0.327 e. The predicted molar refractivity (Wildman–Crippen MR) is 47.3 cm³/mol. The first-order chi connectivity index (χ1) is 6.54. The van der Waals surface area contributed by atoms with Gasteiger partial charge in [0.1, 0.15) is 5.69 Å². The third-order valence-electron chi connectivity index (χ3n) is 1.52. The highest BCUT2D eigenvalue weighted by Gasteiger charge is 2.31. The Labute approximate surface area is 79.3 Å². The summed E-state index contributed by atoms with van der Waals surface area (Å²) < 4.78 is 36.2. The van der Waals surface area contributed by atoms with Crippen molar-refractivity contribution in [1.29, 1.82) is 0 Å². The summed E-state index contributed by atoms with van der Waals surface area (Å²) in [6, 6.07) is 2.29. The Kier molecular flexibility index (Phi) is 3.24. The first-order valence-electron chi connectivity index (χ1n) is 3.94. The molecule has 2 N–H and O–H groups in total. The molecule has 1 aromatic rings. The van der Waals surface area contributed by atoms with Gasteiger partial charge in [0.05, 0.1) is 0 Å². The van der Waals surface area contributed by atoms with E-state index in [4.69, 9.17) is 5.73 Å². The normalized spacial score (nSPS) is 12.3. The van der Waals surface area contributed by atoms with E-state index in [0.717, 1.165) is 12.3 Å². The zero-order valence-electron chi connectivity index (χ0n) is 7.25. The highest BCUT2D eigenvalue weighted by Crippen LogP contribution is 2.27. The molecule has 1 heterocycles. The molecule has 0 spiro atoms. The van der Waals surface area contributed by atoms with Crippen LogP contribution in [0.4, 0.5) is 13.2 Å². The highest BCUT2D eigenvalue weighted by atomic mass is 19.4. The van der Waals surface area contributed by atoms with Gasteiger partial charge in [-0.2, -0.15) is 13.2 Å². The number of hydrogen-bond donors (Lipinski definition) is 1. The molecule has 0 atom stereocenters. The van der Waals surface area contributed by atoms with Crippen molar-refractivity contribution in [1.82, 2.24) is 4.98 Å². The number of rotatable bonds is 2. The molecule has 0 aliphatic rings. The zero-order valence-corrected chi connectivity index (χ0v) is 7.25. The summed E-state index contributed by atoms with van der Waals surface area (Å²) in [5.41, 5.74) is 4.90.